The Morgan fingerprint density at radius 2 is 1.71 bits per heavy atom. The van der Waals surface area contributed by atoms with Crippen molar-refractivity contribution in [2.45, 2.75) is 43.0 Å². The summed E-state index contributed by atoms with van der Waals surface area (Å²) in [5, 5.41) is 12.5. The van der Waals surface area contributed by atoms with E-state index < -0.39 is 16.1 Å². The molecule has 2 saturated carbocycles. The van der Waals surface area contributed by atoms with Crippen molar-refractivity contribution in [3.63, 3.8) is 0 Å². The van der Waals surface area contributed by atoms with Crippen molar-refractivity contribution >= 4 is 15.9 Å². The largest absolute Gasteiger partial charge is 0.340 e. The molecule has 4 atom stereocenters. The van der Waals surface area contributed by atoms with Crippen LogP contribution in [-0.4, -0.2) is 27.4 Å². The molecule has 0 aromatic heterocycles. The number of amides is 1. The maximum absolute atomic E-state index is 12.6. The molecule has 7 heteroatoms. The summed E-state index contributed by atoms with van der Waals surface area (Å²) in [6.07, 6.45) is 4.99. The zero-order valence-electron chi connectivity index (χ0n) is 17.5. The number of nitrogens with one attached hydrogen (secondary N) is 2. The van der Waals surface area contributed by atoms with E-state index in [0.717, 1.165) is 29.5 Å². The van der Waals surface area contributed by atoms with Gasteiger partial charge in [0.15, 0.2) is 0 Å². The van der Waals surface area contributed by atoms with Gasteiger partial charge >= 0.3 is 0 Å². The predicted octanol–water partition coefficient (Wildman–Crippen LogP) is 3.25. The van der Waals surface area contributed by atoms with Crippen molar-refractivity contribution in [1.82, 2.24) is 10.0 Å². The molecule has 2 fully saturated rings. The molecule has 0 heterocycles. The van der Waals surface area contributed by atoms with E-state index in [4.69, 9.17) is 0 Å². The van der Waals surface area contributed by atoms with Gasteiger partial charge in [-0.1, -0.05) is 42.8 Å². The lowest BCUT2D eigenvalue weighted by Gasteiger charge is -2.22. The molecule has 0 radical (unpaired) electrons. The zero-order valence-corrected chi connectivity index (χ0v) is 18.4. The highest BCUT2D eigenvalue weighted by Crippen LogP contribution is 2.48. The van der Waals surface area contributed by atoms with Crippen molar-refractivity contribution in [2.75, 3.05) is 7.05 Å². The number of nitrogens with zero attached hydrogens (tertiary/aromatic N) is 1. The lowest BCUT2D eigenvalue weighted by Crippen LogP contribution is -2.40. The fourth-order valence-corrected chi connectivity index (χ4v) is 5.72. The summed E-state index contributed by atoms with van der Waals surface area (Å²) in [5.74, 6) is 1.30. The van der Waals surface area contributed by atoms with Crippen molar-refractivity contribution in [1.29, 1.82) is 5.26 Å². The molecule has 4 rings (SSSR count). The van der Waals surface area contributed by atoms with Crippen molar-refractivity contribution in [3.05, 3.63) is 54.1 Å². The Hall–Kier alpha value is -2.69. The smallest absolute Gasteiger partial charge is 0.240 e. The van der Waals surface area contributed by atoms with Gasteiger partial charge in [0.2, 0.25) is 15.9 Å². The highest BCUT2D eigenvalue weighted by molar-refractivity contribution is 7.89. The van der Waals surface area contributed by atoms with E-state index in [0.29, 0.717) is 18.3 Å². The van der Waals surface area contributed by atoms with E-state index in [1.807, 2.05) is 24.3 Å². The van der Waals surface area contributed by atoms with Crippen LogP contribution in [0.2, 0.25) is 0 Å². The Morgan fingerprint density at radius 1 is 1.06 bits per heavy atom. The maximum atomic E-state index is 12.6. The number of sulfonamides is 1. The van der Waals surface area contributed by atoms with E-state index >= 15 is 0 Å². The molecule has 2 aromatic rings. The average molecular weight is 438 g/mol. The van der Waals surface area contributed by atoms with Crippen molar-refractivity contribution in [2.24, 2.45) is 17.8 Å². The minimum absolute atomic E-state index is 0.0342. The lowest BCUT2D eigenvalue weighted by molar-refractivity contribution is -0.126. The van der Waals surface area contributed by atoms with Crippen LogP contribution < -0.4 is 10.0 Å². The van der Waals surface area contributed by atoms with Crippen LogP contribution in [0.15, 0.2) is 53.4 Å². The normalized spacial score (nSPS) is 23.3. The first kappa shape index (κ1) is 21.5. The molecule has 2 aromatic carbocycles. The van der Waals surface area contributed by atoms with Crippen LogP contribution in [0.1, 0.15) is 31.2 Å². The number of nitriles is 1. The molecule has 1 amide bonds. The summed E-state index contributed by atoms with van der Waals surface area (Å²) in [5.41, 5.74) is 2.83. The predicted molar refractivity (Wildman–Crippen MR) is 118 cm³/mol. The summed E-state index contributed by atoms with van der Waals surface area (Å²) >= 11 is 0. The van der Waals surface area contributed by atoms with Gasteiger partial charge in [0.1, 0.15) is 6.04 Å². The molecule has 2 bridgehead atoms. The number of carbonyl (C=O) groups excluding carboxylic acids is 1. The second-order valence-corrected chi connectivity index (χ2v) is 10.5. The van der Waals surface area contributed by atoms with Crippen LogP contribution in [0.5, 0.6) is 0 Å². The van der Waals surface area contributed by atoms with Gasteiger partial charge < -0.3 is 5.32 Å². The summed E-state index contributed by atoms with van der Waals surface area (Å²) in [6.45, 7) is 0. The molecule has 6 nitrogen and oxygen atoms in total. The van der Waals surface area contributed by atoms with Crippen LogP contribution >= 0.6 is 0 Å². The Kier molecular flexibility index (Phi) is 6.12. The topological polar surface area (TPSA) is 99.1 Å². The first-order valence-corrected chi connectivity index (χ1v) is 12.2. The quantitative estimate of drug-likeness (QED) is 0.695. The molecule has 0 aliphatic heterocycles. The first-order chi connectivity index (χ1) is 14.9. The Labute approximate surface area is 183 Å². The van der Waals surface area contributed by atoms with Gasteiger partial charge in [0, 0.05) is 12.3 Å². The number of hydrogen-bond acceptors (Lipinski definition) is 4. The van der Waals surface area contributed by atoms with Crippen LogP contribution in [0.4, 0.5) is 0 Å². The van der Waals surface area contributed by atoms with Crippen LogP contribution in [0.25, 0.3) is 11.1 Å². The second kappa shape index (κ2) is 8.81. The maximum Gasteiger partial charge on any atom is 0.240 e. The number of hydrogen-bond donors (Lipinski definition) is 2. The number of rotatable bonds is 7. The summed E-state index contributed by atoms with van der Waals surface area (Å²) < 4.78 is 26.0. The highest BCUT2D eigenvalue weighted by Gasteiger charge is 2.43. The molecule has 2 aliphatic rings. The standard InChI is InChI=1S/C24H27N3O3S/c1-26-31(29,30)22-10-8-19(9-11-22)18-5-2-16(3-6-18)13-21(15-25)27-24(28)23-14-17-4-7-20(23)12-17/h2-3,5-6,8-11,17,20-21,23,26H,4,7,12-14H2,1H3,(H,27,28)/t17-,20+,21+,23+/m1/s1. The zero-order chi connectivity index (χ0) is 22.0. The van der Waals surface area contributed by atoms with Crippen molar-refractivity contribution in [3.8, 4) is 17.2 Å². The van der Waals surface area contributed by atoms with Gasteiger partial charge in [-0.25, -0.2) is 13.1 Å². The molecule has 2 N–H and O–H groups in total. The third-order valence-corrected chi connectivity index (χ3v) is 8.14. The minimum atomic E-state index is -3.45. The van der Waals surface area contributed by atoms with Crippen LogP contribution in [-0.2, 0) is 21.2 Å². The molecule has 162 valence electrons. The fourth-order valence-electron chi connectivity index (χ4n) is 4.99. The van der Waals surface area contributed by atoms with Gasteiger partial charge in [-0.15, -0.1) is 0 Å². The molecular weight excluding hydrogens is 410 g/mol. The van der Waals surface area contributed by atoms with E-state index in [2.05, 4.69) is 16.1 Å². The van der Waals surface area contributed by atoms with E-state index in [-0.39, 0.29) is 16.7 Å². The molecule has 31 heavy (non-hydrogen) atoms. The molecule has 2 aliphatic carbocycles. The van der Waals surface area contributed by atoms with E-state index in [1.165, 1.54) is 19.9 Å². The van der Waals surface area contributed by atoms with E-state index in [9.17, 15) is 18.5 Å². The third kappa shape index (κ3) is 4.65. The van der Waals surface area contributed by atoms with Crippen LogP contribution in [0, 0.1) is 29.1 Å². The monoisotopic (exact) mass is 437 g/mol. The minimum Gasteiger partial charge on any atom is -0.340 e. The summed E-state index contributed by atoms with van der Waals surface area (Å²) in [7, 11) is -2.07. The Balaban J connectivity index is 1.38. The summed E-state index contributed by atoms with van der Waals surface area (Å²) in [4.78, 5) is 12.9. The number of benzene rings is 2. The SMILES string of the molecule is CNS(=O)(=O)c1ccc(-c2ccc(C[C@@H](C#N)NC(=O)[C@H]3C[C@@H]4CC[C@H]3C4)cc2)cc1. The Bertz CT molecular complexity index is 1090. The second-order valence-electron chi connectivity index (χ2n) is 8.60. The van der Waals surface area contributed by atoms with Gasteiger partial charge in [-0.05, 0) is 67.0 Å². The summed E-state index contributed by atoms with van der Waals surface area (Å²) in [6, 6.07) is 16.2. The Morgan fingerprint density at radius 3 is 2.23 bits per heavy atom. The molecule has 0 unspecified atom stereocenters. The average Bonchev–Trinajstić information content (AvgIpc) is 3.43. The van der Waals surface area contributed by atoms with Gasteiger partial charge in [-0.3, -0.25) is 4.79 Å². The number of fused-ring (bicyclic) bond motifs is 2. The van der Waals surface area contributed by atoms with E-state index in [1.54, 1.807) is 24.3 Å². The molecule has 0 spiro atoms. The number of carbonyl (C=O) groups is 1. The van der Waals surface area contributed by atoms with Crippen molar-refractivity contribution < 1.29 is 13.2 Å². The third-order valence-electron chi connectivity index (χ3n) is 6.71. The lowest BCUT2D eigenvalue weighted by atomic mass is 9.88. The fraction of sp³-hybridized carbons (Fsp3) is 0.417. The first-order valence-electron chi connectivity index (χ1n) is 10.7. The van der Waals surface area contributed by atoms with Gasteiger partial charge in [-0.2, -0.15) is 5.26 Å². The molecular formula is C24H27N3O3S. The van der Waals surface area contributed by atoms with Gasteiger partial charge in [0.05, 0.1) is 11.0 Å². The van der Waals surface area contributed by atoms with Gasteiger partial charge in [0.25, 0.3) is 0 Å². The molecule has 0 saturated heterocycles. The van der Waals surface area contributed by atoms with Crippen LogP contribution in [0.3, 0.4) is 0 Å². The highest BCUT2D eigenvalue weighted by atomic mass is 32.2.